The normalized spacial score (nSPS) is 10.8. The first-order chi connectivity index (χ1) is 9.84. The van der Waals surface area contributed by atoms with E-state index in [-0.39, 0.29) is 0 Å². The van der Waals surface area contributed by atoms with Gasteiger partial charge in [0.25, 0.3) is 0 Å². The highest BCUT2D eigenvalue weighted by Gasteiger charge is 2.02. The van der Waals surface area contributed by atoms with Crippen molar-refractivity contribution in [2.45, 2.75) is 13.1 Å². The predicted octanol–water partition coefficient (Wildman–Crippen LogP) is 4.29. The van der Waals surface area contributed by atoms with Gasteiger partial charge in [-0.25, -0.2) is 0 Å². The van der Waals surface area contributed by atoms with Gasteiger partial charge >= 0.3 is 0 Å². The lowest BCUT2D eigenvalue weighted by molar-refractivity contribution is 0.693. The van der Waals surface area contributed by atoms with Crippen LogP contribution in [0.15, 0.2) is 65.4 Å². The third-order valence-electron chi connectivity index (χ3n) is 3.34. The molecule has 1 aromatic heterocycles. The number of benzene rings is 2. The summed E-state index contributed by atoms with van der Waals surface area (Å²) < 4.78 is 1.14. The van der Waals surface area contributed by atoms with Gasteiger partial charge in [-0.3, -0.25) is 4.98 Å². The smallest absolute Gasteiger partial charge is 0.0346 e. The number of aromatic nitrogens is 1. The monoisotopic (exact) mass is 326 g/mol. The minimum atomic E-state index is 0.815. The van der Waals surface area contributed by atoms with E-state index in [1.807, 2.05) is 24.5 Å². The molecule has 3 rings (SSSR count). The van der Waals surface area contributed by atoms with Gasteiger partial charge in [-0.15, -0.1) is 0 Å². The van der Waals surface area contributed by atoms with E-state index in [2.05, 4.69) is 62.6 Å². The van der Waals surface area contributed by atoms with Crippen molar-refractivity contribution in [3.63, 3.8) is 0 Å². The lowest BCUT2D eigenvalue weighted by atomic mass is 10.1. The van der Waals surface area contributed by atoms with Gasteiger partial charge in [-0.05, 0) is 22.6 Å². The average molecular weight is 327 g/mol. The number of fused-ring (bicyclic) bond motifs is 1. The van der Waals surface area contributed by atoms with E-state index in [4.69, 9.17) is 0 Å². The van der Waals surface area contributed by atoms with Crippen molar-refractivity contribution in [3.05, 3.63) is 76.5 Å². The van der Waals surface area contributed by atoms with E-state index in [9.17, 15) is 0 Å². The molecule has 1 N–H and O–H groups in total. The molecule has 0 radical (unpaired) electrons. The molecule has 0 aliphatic carbocycles. The van der Waals surface area contributed by atoms with Crippen LogP contribution in [0.3, 0.4) is 0 Å². The maximum absolute atomic E-state index is 4.31. The van der Waals surface area contributed by atoms with Crippen molar-refractivity contribution in [2.75, 3.05) is 0 Å². The highest BCUT2D eigenvalue weighted by atomic mass is 79.9. The molecule has 0 amide bonds. The molecular weight excluding hydrogens is 312 g/mol. The number of nitrogens with zero attached hydrogens (tertiary/aromatic N) is 1. The van der Waals surface area contributed by atoms with Crippen LogP contribution in [0.4, 0.5) is 0 Å². The summed E-state index contributed by atoms with van der Waals surface area (Å²) in [7, 11) is 0. The fourth-order valence-corrected chi connectivity index (χ4v) is 2.72. The molecule has 2 aromatic carbocycles. The topological polar surface area (TPSA) is 24.9 Å². The average Bonchev–Trinajstić information content (AvgIpc) is 2.49. The van der Waals surface area contributed by atoms with Crippen molar-refractivity contribution < 1.29 is 0 Å². The summed E-state index contributed by atoms with van der Waals surface area (Å²) in [6.07, 6.45) is 3.85. The summed E-state index contributed by atoms with van der Waals surface area (Å²) >= 11 is 3.57. The third-order valence-corrected chi connectivity index (χ3v) is 4.11. The van der Waals surface area contributed by atoms with Gasteiger partial charge in [0.05, 0.1) is 0 Å². The number of hydrogen-bond acceptors (Lipinski definition) is 2. The summed E-state index contributed by atoms with van der Waals surface area (Å²) in [4.78, 5) is 4.31. The number of pyridine rings is 1. The second kappa shape index (κ2) is 6.16. The minimum absolute atomic E-state index is 0.815. The zero-order valence-corrected chi connectivity index (χ0v) is 12.6. The number of halogens is 1. The third kappa shape index (κ3) is 2.89. The van der Waals surface area contributed by atoms with Gasteiger partial charge in [0.2, 0.25) is 0 Å². The number of hydrogen-bond donors (Lipinski definition) is 1. The molecule has 1 heterocycles. The molecule has 0 aliphatic rings. The Kier molecular flexibility index (Phi) is 4.09. The molecule has 0 aliphatic heterocycles. The molecule has 20 heavy (non-hydrogen) atoms. The van der Waals surface area contributed by atoms with Crippen LogP contribution in [0.5, 0.6) is 0 Å². The SMILES string of the molecule is Brc1ccccc1CNCc1cncc2ccccc12. The molecule has 0 saturated heterocycles. The standard InChI is InChI=1S/C17H15BrN2/c18-17-8-4-2-6-14(17)10-20-12-15-11-19-9-13-5-1-3-7-16(13)15/h1-9,11,20H,10,12H2. The molecule has 0 fully saturated rings. The molecular formula is C17H15BrN2. The lowest BCUT2D eigenvalue weighted by Gasteiger charge is -2.09. The Balaban J connectivity index is 1.73. The fraction of sp³-hybridized carbons (Fsp3) is 0.118. The maximum Gasteiger partial charge on any atom is 0.0346 e. The largest absolute Gasteiger partial charge is 0.308 e. The van der Waals surface area contributed by atoms with Gasteiger partial charge in [0.1, 0.15) is 0 Å². The summed E-state index contributed by atoms with van der Waals surface area (Å²) in [6.45, 7) is 1.65. The Morgan fingerprint density at radius 2 is 1.60 bits per heavy atom. The second-order valence-electron chi connectivity index (χ2n) is 4.71. The molecule has 0 unspecified atom stereocenters. The van der Waals surface area contributed by atoms with Crippen LogP contribution < -0.4 is 5.32 Å². The second-order valence-corrected chi connectivity index (χ2v) is 5.57. The zero-order chi connectivity index (χ0) is 13.8. The Morgan fingerprint density at radius 3 is 2.50 bits per heavy atom. The minimum Gasteiger partial charge on any atom is -0.308 e. The Labute approximate surface area is 127 Å². The summed E-state index contributed by atoms with van der Waals surface area (Å²) in [5.74, 6) is 0. The van der Waals surface area contributed by atoms with E-state index in [0.717, 1.165) is 17.6 Å². The molecule has 0 saturated carbocycles. The maximum atomic E-state index is 4.31. The van der Waals surface area contributed by atoms with Crippen LogP contribution in [-0.4, -0.2) is 4.98 Å². The first-order valence-corrected chi connectivity index (χ1v) is 7.39. The van der Waals surface area contributed by atoms with Crippen molar-refractivity contribution in [1.82, 2.24) is 10.3 Å². The number of rotatable bonds is 4. The van der Waals surface area contributed by atoms with Crippen molar-refractivity contribution in [2.24, 2.45) is 0 Å². The Hall–Kier alpha value is -1.71. The Bertz CT molecular complexity index is 720. The van der Waals surface area contributed by atoms with Gasteiger partial charge in [0, 0.05) is 35.3 Å². The predicted molar refractivity (Wildman–Crippen MR) is 86.4 cm³/mol. The number of nitrogens with one attached hydrogen (secondary N) is 1. The lowest BCUT2D eigenvalue weighted by Crippen LogP contribution is -2.13. The molecule has 0 atom stereocenters. The van der Waals surface area contributed by atoms with Gasteiger partial charge in [0.15, 0.2) is 0 Å². The van der Waals surface area contributed by atoms with E-state index in [1.165, 1.54) is 21.9 Å². The van der Waals surface area contributed by atoms with Crippen LogP contribution in [0, 0.1) is 0 Å². The van der Waals surface area contributed by atoms with E-state index >= 15 is 0 Å². The first kappa shape index (κ1) is 13.3. The van der Waals surface area contributed by atoms with Crippen molar-refractivity contribution in [1.29, 1.82) is 0 Å². The summed E-state index contributed by atoms with van der Waals surface area (Å²) in [5, 5.41) is 5.93. The van der Waals surface area contributed by atoms with E-state index in [0.29, 0.717) is 0 Å². The molecule has 0 spiro atoms. The first-order valence-electron chi connectivity index (χ1n) is 6.60. The van der Waals surface area contributed by atoms with Crippen LogP contribution in [0.2, 0.25) is 0 Å². The quantitative estimate of drug-likeness (QED) is 0.773. The molecule has 3 aromatic rings. The molecule has 3 heteroatoms. The summed E-state index contributed by atoms with van der Waals surface area (Å²) in [6, 6.07) is 16.6. The van der Waals surface area contributed by atoms with Crippen LogP contribution in [-0.2, 0) is 13.1 Å². The highest BCUT2D eigenvalue weighted by Crippen LogP contribution is 2.18. The van der Waals surface area contributed by atoms with Gasteiger partial charge in [-0.2, -0.15) is 0 Å². The van der Waals surface area contributed by atoms with E-state index in [1.54, 1.807) is 0 Å². The van der Waals surface area contributed by atoms with Gasteiger partial charge < -0.3 is 5.32 Å². The van der Waals surface area contributed by atoms with Crippen LogP contribution in [0.1, 0.15) is 11.1 Å². The molecule has 0 bridgehead atoms. The van der Waals surface area contributed by atoms with Gasteiger partial charge in [-0.1, -0.05) is 58.4 Å². The highest BCUT2D eigenvalue weighted by molar-refractivity contribution is 9.10. The van der Waals surface area contributed by atoms with Crippen molar-refractivity contribution in [3.8, 4) is 0 Å². The van der Waals surface area contributed by atoms with Crippen molar-refractivity contribution >= 4 is 26.7 Å². The van der Waals surface area contributed by atoms with Crippen LogP contribution >= 0.6 is 15.9 Å². The molecule has 2 nitrogen and oxygen atoms in total. The Morgan fingerprint density at radius 1 is 0.850 bits per heavy atom. The zero-order valence-electron chi connectivity index (χ0n) is 11.0. The summed E-state index contributed by atoms with van der Waals surface area (Å²) in [5.41, 5.74) is 2.50. The van der Waals surface area contributed by atoms with Crippen LogP contribution in [0.25, 0.3) is 10.8 Å². The fourth-order valence-electron chi connectivity index (χ4n) is 2.29. The van der Waals surface area contributed by atoms with E-state index < -0.39 is 0 Å². The molecule has 100 valence electrons.